The van der Waals surface area contributed by atoms with Gasteiger partial charge in [-0.25, -0.2) is 0 Å². The van der Waals surface area contributed by atoms with E-state index in [-0.39, 0.29) is 5.41 Å². The van der Waals surface area contributed by atoms with E-state index in [0.717, 1.165) is 28.4 Å². The predicted octanol–water partition coefficient (Wildman–Crippen LogP) is 13.2. The molecule has 0 spiro atoms. The van der Waals surface area contributed by atoms with E-state index in [1.54, 1.807) is 0 Å². The number of hydrogen-bond donors (Lipinski definition) is 0. The standard InChI is InChI=1S/C47H36N2/c1-47(2)44-31-37(48(34-16-6-3-7-17-34)35-18-8-4-9-19-35)26-29-41(44)42-30-27-38(32-45(42)47)49(36-20-10-5-11-21-36)46-24-14-23-40-39-22-13-12-15-33(39)25-28-43(40)46/h3-32H,1-2H3. The molecule has 0 radical (unpaired) electrons. The van der Waals surface area contributed by atoms with Crippen LogP contribution in [0.4, 0.5) is 34.1 Å². The average molecular weight is 629 g/mol. The zero-order chi connectivity index (χ0) is 33.0. The van der Waals surface area contributed by atoms with E-state index in [1.807, 2.05) is 0 Å². The Bertz CT molecular complexity index is 2430. The molecule has 8 aromatic rings. The third-order valence-electron chi connectivity index (χ3n) is 10.2. The van der Waals surface area contributed by atoms with Crippen LogP contribution in [0.15, 0.2) is 182 Å². The van der Waals surface area contributed by atoms with Crippen LogP contribution in [0.1, 0.15) is 25.0 Å². The van der Waals surface area contributed by atoms with Crippen molar-refractivity contribution in [1.82, 2.24) is 0 Å². The van der Waals surface area contributed by atoms with Crippen molar-refractivity contribution in [2.24, 2.45) is 0 Å². The monoisotopic (exact) mass is 628 g/mol. The molecule has 234 valence electrons. The van der Waals surface area contributed by atoms with Crippen molar-refractivity contribution in [3.05, 3.63) is 193 Å². The van der Waals surface area contributed by atoms with Gasteiger partial charge in [0, 0.05) is 39.2 Å². The quantitative estimate of drug-likeness (QED) is 0.169. The Morgan fingerprint density at radius 1 is 0.347 bits per heavy atom. The van der Waals surface area contributed by atoms with E-state index >= 15 is 0 Å². The van der Waals surface area contributed by atoms with Crippen LogP contribution in [0.3, 0.4) is 0 Å². The maximum absolute atomic E-state index is 2.43. The lowest BCUT2D eigenvalue weighted by Gasteiger charge is -2.29. The number of hydrogen-bond acceptors (Lipinski definition) is 2. The van der Waals surface area contributed by atoms with Crippen molar-refractivity contribution >= 4 is 55.7 Å². The minimum Gasteiger partial charge on any atom is -0.310 e. The van der Waals surface area contributed by atoms with Gasteiger partial charge in [-0.05, 0) is 105 Å². The number of rotatable bonds is 6. The van der Waals surface area contributed by atoms with Crippen LogP contribution >= 0.6 is 0 Å². The second-order valence-corrected chi connectivity index (χ2v) is 13.4. The highest BCUT2D eigenvalue weighted by Gasteiger charge is 2.37. The lowest BCUT2D eigenvalue weighted by molar-refractivity contribution is 0.660. The average Bonchev–Trinajstić information content (AvgIpc) is 3.38. The third kappa shape index (κ3) is 4.79. The Balaban J connectivity index is 1.19. The zero-order valence-corrected chi connectivity index (χ0v) is 27.7. The fourth-order valence-corrected chi connectivity index (χ4v) is 7.82. The molecule has 9 rings (SSSR count). The summed E-state index contributed by atoms with van der Waals surface area (Å²) in [5, 5.41) is 5.03. The largest absolute Gasteiger partial charge is 0.310 e. The maximum Gasteiger partial charge on any atom is 0.0540 e. The first-order chi connectivity index (χ1) is 24.1. The molecule has 1 aliphatic carbocycles. The normalized spacial score (nSPS) is 12.9. The Hall–Kier alpha value is -6.12. The van der Waals surface area contributed by atoms with Crippen molar-refractivity contribution in [2.75, 3.05) is 9.80 Å². The topological polar surface area (TPSA) is 6.48 Å². The molecule has 8 aromatic carbocycles. The number of fused-ring (bicyclic) bond motifs is 6. The van der Waals surface area contributed by atoms with Crippen molar-refractivity contribution in [3.8, 4) is 11.1 Å². The molecule has 2 nitrogen and oxygen atoms in total. The van der Waals surface area contributed by atoms with Gasteiger partial charge in [-0.1, -0.05) is 129 Å². The summed E-state index contributed by atoms with van der Waals surface area (Å²) in [6, 6.07) is 66.0. The van der Waals surface area contributed by atoms with Crippen molar-refractivity contribution in [1.29, 1.82) is 0 Å². The fourth-order valence-electron chi connectivity index (χ4n) is 7.82. The second kappa shape index (κ2) is 11.5. The molecule has 0 bridgehead atoms. The van der Waals surface area contributed by atoms with Crippen LogP contribution in [0.25, 0.3) is 32.7 Å². The summed E-state index contributed by atoms with van der Waals surface area (Å²) in [6.07, 6.45) is 0. The molecule has 0 N–H and O–H groups in total. The Labute approximate surface area is 288 Å². The van der Waals surface area contributed by atoms with Crippen LogP contribution in [0.2, 0.25) is 0 Å². The third-order valence-corrected chi connectivity index (χ3v) is 10.2. The predicted molar refractivity (Wildman–Crippen MR) is 208 cm³/mol. The van der Waals surface area contributed by atoms with Gasteiger partial charge in [0.25, 0.3) is 0 Å². The Kier molecular flexibility index (Phi) is 6.84. The van der Waals surface area contributed by atoms with E-state index < -0.39 is 0 Å². The van der Waals surface area contributed by atoms with Crippen molar-refractivity contribution < 1.29 is 0 Å². The van der Waals surface area contributed by atoms with Crippen LogP contribution < -0.4 is 9.80 Å². The summed E-state index contributed by atoms with van der Waals surface area (Å²) in [5.74, 6) is 0. The van der Waals surface area contributed by atoms with Gasteiger partial charge < -0.3 is 9.80 Å². The minimum atomic E-state index is -0.201. The summed E-state index contributed by atoms with van der Waals surface area (Å²) in [7, 11) is 0. The van der Waals surface area contributed by atoms with Gasteiger partial charge in [-0.15, -0.1) is 0 Å². The Morgan fingerprint density at radius 2 is 0.837 bits per heavy atom. The second-order valence-electron chi connectivity index (χ2n) is 13.4. The van der Waals surface area contributed by atoms with Crippen LogP contribution in [-0.4, -0.2) is 0 Å². The summed E-state index contributed by atoms with van der Waals surface area (Å²) in [6.45, 7) is 4.75. The molecule has 0 heterocycles. The van der Waals surface area contributed by atoms with Crippen LogP contribution in [0, 0.1) is 0 Å². The van der Waals surface area contributed by atoms with E-state index in [9.17, 15) is 0 Å². The molecule has 0 aromatic heterocycles. The fraction of sp³-hybridized carbons (Fsp3) is 0.0638. The number of para-hydroxylation sites is 3. The van der Waals surface area contributed by atoms with Crippen molar-refractivity contribution in [3.63, 3.8) is 0 Å². The molecule has 0 atom stereocenters. The molecule has 0 saturated carbocycles. The maximum atomic E-state index is 2.43. The van der Waals surface area contributed by atoms with Gasteiger partial charge in [0.15, 0.2) is 0 Å². The zero-order valence-electron chi connectivity index (χ0n) is 27.7. The lowest BCUT2D eigenvalue weighted by Crippen LogP contribution is -2.17. The molecule has 0 amide bonds. The first-order valence-electron chi connectivity index (χ1n) is 17.0. The minimum absolute atomic E-state index is 0.201. The Morgan fingerprint density at radius 3 is 1.43 bits per heavy atom. The summed E-state index contributed by atoms with van der Waals surface area (Å²) < 4.78 is 0. The SMILES string of the molecule is CC1(C)c2cc(N(c3ccccc3)c3ccccc3)ccc2-c2ccc(N(c3ccccc3)c3cccc4c3ccc3ccccc34)cc21. The molecule has 1 aliphatic rings. The van der Waals surface area contributed by atoms with E-state index in [0.29, 0.717) is 0 Å². The van der Waals surface area contributed by atoms with Crippen LogP contribution in [0.5, 0.6) is 0 Å². The van der Waals surface area contributed by atoms with Gasteiger partial charge in [-0.3, -0.25) is 0 Å². The number of benzene rings is 8. The molecule has 0 fully saturated rings. The molecule has 0 saturated heterocycles. The molecule has 0 aliphatic heterocycles. The molecule has 49 heavy (non-hydrogen) atoms. The highest BCUT2D eigenvalue weighted by atomic mass is 15.1. The van der Waals surface area contributed by atoms with Gasteiger partial charge in [0.1, 0.15) is 0 Å². The summed E-state index contributed by atoms with van der Waals surface area (Å²) in [5.41, 5.74) is 12.0. The summed E-state index contributed by atoms with van der Waals surface area (Å²) >= 11 is 0. The summed E-state index contributed by atoms with van der Waals surface area (Å²) in [4.78, 5) is 4.78. The van der Waals surface area contributed by atoms with Crippen LogP contribution in [-0.2, 0) is 5.41 Å². The van der Waals surface area contributed by atoms with E-state index in [4.69, 9.17) is 0 Å². The highest BCUT2D eigenvalue weighted by Crippen LogP contribution is 2.52. The highest BCUT2D eigenvalue weighted by molar-refractivity contribution is 6.12. The van der Waals surface area contributed by atoms with Gasteiger partial charge in [0.05, 0.1) is 5.69 Å². The van der Waals surface area contributed by atoms with E-state index in [2.05, 4.69) is 206 Å². The smallest absolute Gasteiger partial charge is 0.0540 e. The molecular formula is C47H36N2. The molecule has 2 heteroatoms. The molecule has 0 unspecified atom stereocenters. The lowest BCUT2D eigenvalue weighted by atomic mass is 9.82. The first kappa shape index (κ1) is 29.1. The first-order valence-corrected chi connectivity index (χ1v) is 17.0. The molecular weight excluding hydrogens is 593 g/mol. The van der Waals surface area contributed by atoms with Gasteiger partial charge in [0.2, 0.25) is 0 Å². The van der Waals surface area contributed by atoms with Gasteiger partial charge in [-0.2, -0.15) is 0 Å². The number of nitrogens with zero attached hydrogens (tertiary/aromatic N) is 2. The van der Waals surface area contributed by atoms with Crippen molar-refractivity contribution in [2.45, 2.75) is 19.3 Å². The van der Waals surface area contributed by atoms with E-state index in [1.165, 1.54) is 49.5 Å². The number of anilines is 6. The van der Waals surface area contributed by atoms with Gasteiger partial charge >= 0.3 is 0 Å².